The van der Waals surface area contributed by atoms with Crippen LogP contribution in [0.5, 0.6) is 0 Å². The van der Waals surface area contributed by atoms with Gasteiger partial charge in [-0.3, -0.25) is 14.9 Å². The molecule has 2 atom stereocenters. The molecule has 1 amide bonds. The van der Waals surface area contributed by atoms with E-state index in [1.807, 2.05) is 33.2 Å². The molecular formula is C19H25N4O3+. The number of amides is 1. The molecule has 0 bridgehead atoms. The highest BCUT2D eigenvalue weighted by Crippen LogP contribution is 2.28. The Hall–Kier alpha value is -2.67. The predicted molar refractivity (Wildman–Crippen MR) is 99.3 cm³/mol. The average Bonchev–Trinajstić information content (AvgIpc) is 3.18. The maximum atomic E-state index is 12.6. The number of carbonyl (C=O) groups is 1. The van der Waals surface area contributed by atoms with Crippen LogP contribution in [0.15, 0.2) is 30.5 Å². The number of benzene rings is 1. The quantitative estimate of drug-likeness (QED) is 0.633. The number of nitro benzene ring substituents is 1. The van der Waals surface area contributed by atoms with Crippen LogP contribution in [0.2, 0.25) is 0 Å². The molecule has 1 aromatic carbocycles. The van der Waals surface area contributed by atoms with Crippen LogP contribution in [0.3, 0.4) is 0 Å². The van der Waals surface area contributed by atoms with Gasteiger partial charge in [0.15, 0.2) is 6.54 Å². The zero-order chi connectivity index (χ0) is 18.8. The van der Waals surface area contributed by atoms with Gasteiger partial charge in [-0.15, -0.1) is 0 Å². The number of hydrogen-bond donors (Lipinski definition) is 2. The summed E-state index contributed by atoms with van der Waals surface area (Å²) in [7, 11) is 2.02. The standard InChI is InChI=1S/C19H24N4O3/c1-13-10-15(18(23(25)26)11-14(13)2)20-19(24)12-22-9-5-7-17(22)16-6-4-8-21(16)3/h4,6,8,10-11,17H,5,7,9,12H2,1-3H3,(H,20,24)/p+1/t17-/m0/s1. The Morgan fingerprint density at radius 3 is 2.77 bits per heavy atom. The number of rotatable bonds is 5. The Balaban J connectivity index is 1.74. The highest BCUT2D eigenvalue weighted by Gasteiger charge is 2.33. The van der Waals surface area contributed by atoms with E-state index in [9.17, 15) is 14.9 Å². The molecule has 1 aliphatic rings. The monoisotopic (exact) mass is 357 g/mol. The summed E-state index contributed by atoms with van der Waals surface area (Å²) >= 11 is 0. The van der Waals surface area contributed by atoms with Crippen molar-refractivity contribution in [2.24, 2.45) is 7.05 Å². The van der Waals surface area contributed by atoms with E-state index in [2.05, 4.69) is 16.0 Å². The summed E-state index contributed by atoms with van der Waals surface area (Å²) in [5.74, 6) is -0.188. The predicted octanol–water partition coefficient (Wildman–Crippen LogP) is 1.91. The minimum absolute atomic E-state index is 0.0585. The van der Waals surface area contributed by atoms with Gasteiger partial charge in [0, 0.05) is 32.2 Å². The molecule has 1 aromatic heterocycles. The highest BCUT2D eigenvalue weighted by molar-refractivity contribution is 5.94. The van der Waals surface area contributed by atoms with E-state index in [4.69, 9.17) is 0 Å². The molecule has 3 rings (SSSR count). The Kier molecular flexibility index (Phi) is 5.08. The lowest BCUT2D eigenvalue weighted by Crippen LogP contribution is -3.11. The van der Waals surface area contributed by atoms with Gasteiger partial charge in [-0.1, -0.05) is 0 Å². The normalized spacial score (nSPS) is 19.5. The van der Waals surface area contributed by atoms with Crippen LogP contribution in [0.25, 0.3) is 0 Å². The molecule has 2 aromatic rings. The Labute approximate surface area is 152 Å². The van der Waals surface area contributed by atoms with Crippen molar-refractivity contribution >= 4 is 17.3 Å². The zero-order valence-electron chi connectivity index (χ0n) is 15.4. The van der Waals surface area contributed by atoms with Gasteiger partial charge in [0.25, 0.3) is 11.6 Å². The van der Waals surface area contributed by atoms with Crippen LogP contribution in [0, 0.1) is 24.0 Å². The van der Waals surface area contributed by atoms with Gasteiger partial charge < -0.3 is 14.8 Å². The van der Waals surface area contributed by atoms with Crippen LogP contribution < -0.4 is 10.2 Å². The molecule has 0 saturated carbocycles. The molecule has 1 unspecified atom stereocenters. The molecule has 1 saturated heterocycles. The minimum atomic E-state index is -0.447. The van der Waals surface area contributed by atoms with E-state index in [0.29, 0.717) is 6.54 Å². The van der Waals surface area contributed by atoms with Crippen molar-refractivity contribution in [2.75, 3.05) is 18.4 Å². The first-order chi connectivity index (χ1) is 12.4. The molecule has 2 N–H and O–H groups in total. The Bertz CT molecular complexity index is 843. The number of aromatic nitrogens is 1. The zero-order valence-corrected chi connectivity index (χ0v) is 15.4. The number of anilines is 1. The molecule has 1 aliphatic heterocycles. The summed E-state index contributed by atoms with van der Waals surface area (Å²) in [5.41, 5.74) is 3.20. The topological polar surface area (TPSA) is 81.6 Å². The van der Waals surface area contributed by atoms with Gasteiger partial charge in [-0.25, -0.2) is 0 Å². The van der Waals surface area contributed by atoms with Crippen LogP contribution in [0.1, 0.15) is 35.7 Å². The Morgan fingerprint density at radius 1 is 1.38 bits per heavy atom. The van der Waals surface area contributed by atoms with E-state index >= 15 is 0 Å². The highest BCUT2D eigenvalue weighted by atomic mass is 16.6. The SMILES string of the molecule is Cc1cc(NC(=O)C[NH+]2CCC[C@H]2c2cccn2C)c([N+](=O)[O-])cc1C. The largest absolute Gasteiger partial charge is 0.350 e. The minimum Gasteiger partial charge on any atom is -0.350 e. The molecule has 7 heteroatoms. The summed E-state index contributed by atoms with van der Waals surface area (Å²) < 4.78 is 2.10. The number of aryl methyl sites for hydroxylation is 3. The second-order valence-corrected chi connectivity index (χ2v) is 7.08. The van der Waals surface area contributed by atoms with Crippen molar-refractivity contribution in [1.29, 1.82) is 0 Å². The van der Waals surface area contributed by atoms with Gasteiger partial charge in [-0.05, 0) is 43.2 Å². The molecule has 7 nitrogen and oxygen atoms in total. The first kappa shape index (κ1) is 18.1. The molecule has 0 aliphatic carbocycles. The second-order valence-electron chi connectivity index (χ2n) is 7.08. The van der Waals surface area contributed by atoms with Gasteiger partial charge in [0.2, 0.25) is 0 Å². The number of carbonyl (C=O) groups excluding carboxylic acids is 1. The third-order valence-electron chi connectivity index (χ3n) is 5.29. The number of hydrogen-bond acceptors (Lipinski definition) is 3. The van der Waals surface area contributed by atoms with Gasteiger partial charge >= 0.3 is 0 Å². The maximum Gasteiger partial charge on any atom is 0.293 e. The molecule has 0 radical (unpaired) electrons. The van der Waals surface area contributed by atoms with Crippen LogP contribution in [-0.2, 0) is 11.8 Å². The van der Waals surface area contributed by atoms with Crippen molar-refractivity contribution in [3.8, 4) is 0 Å². The molecule has 138 valence electrons. The van der Waals surface area contributed by atoms with E-state index in [0.717, 1.165) is 30.5 Å². The van der Waals surface area contributed by atoms with E-state index in [1.54, 1.807) is 6.07 Å². The molecule has 26 heavy (non-hydrogen) atoms. The van der Waals surface area contributed by atoms with Crippen molar-refractivity contribution < 1.29 is 14.6 Å². The number of likely N-dealkylation sites (tertiary alicyclic amines) is 1. The molecule has 1 fully saturated rings. The lowest BCUT2D eigenvalue weighted by Gasteiger charge is -2.21. The van der Waals surface area contributed by atoms with E-state index < -0.39 is 4.92 Å². The van der Waals surface area contributed by atoms with Gasteiger partial charge in [0.05, 0.1) is 17.2 Å². The van der Waals surface area contributed by atoms with Crippen LogP contribution >= 0.6 is 0 Å². The van der Waals surface area contributed by atoms with E-state index in [-0.39, 0.29) is 23.3 Å². The summed E-state index contributed by atoms with van der Waals surface area (Å²) in [4.78, 5) is 24.6. The second kappa shape index (κ2) is 7.29. The fourth-order valence-corrected chi connectivity index (χ4v) is 3.77. The number of nitro groups is 1. The number of quaternary nitrogens is 1. The first-order valence-electron chi connectivity index (χ1n) is 8.88. The lowest BCUT2D eigenvalue weighted by molar-refractivity contribution is -0.910. The number of nitrogens with one attached hydrogen (secondary N) is 2. The van der Waals surface area contributed by atoms with Crippen LogP contribution in [-0.4, -0.2) is 28.5 Å². The molecule has 2 heterocycles. The molecule has 0 spiro atoms. The summed E-state index contributed by atoms with van der Waals surface area (Å²) in [6.45, 7) is 4.94. The average molecular weight is 357 g/mol. The van der Waals surface area contributed by atoms with Crippen molar-refractivity contribution in [3.63, 3.8) is 0 Å². The maximum absolute atomic E-state index is 12.6. The smallest absolute Gasteiger partial charge is 0.293 e. The van der Waals surface area contributed by atoms with Gasteiger partial charge in [-0.2, -0.15) is 0 Å². The third kappa shape index (κ3) is 3.62. The van der Waals surface area contributed by atoms with E-state index in [1.165, 1.54) is 16.7 Å². The van der Waals surface area contributed by atoms with Crippen molar-refractivity contribution in [2.45, 2.75) is 32.7 Å². The molecular weight excluding hydrogens is 332 g/mol. The van der Waals surface area contributed by atoms with Crippen molar-refractivity contribution in [1.82, 2.24) is 4.57 Å². The Morgan fingerprint density at radius 2 is 2.12 bits per heavy atom. The summed E-state index contributed by atoms with van der Waals surface area (Å²) in [6, 6.07) is 7.60. The number of nitrogens with zero attached hydrogens (tertiary/aromatic N) is 2. The van der Waals surface area contributed by atoms with Crippen molar-refractivity contribution in [3.05, 3.63) is 57.4 Å². The van der Waals surface area contributed by atoms with Crippen LogP contribution in [0.4, 0.5) is 11.4 Å². The van der Waals surface area contributed by atoms with Gasteiger partial charge in [0.1, 0.15) is 11.7 Å². The first-order valence-corrected chi connectivity index (χ1v) is 8.88. The fraction of sp³-hybridized carbons (Fsp3) is 0.421. The third-order valence-corrected chi connectivity index (χ3v) is 5.29. The lowest BCUT2D eigenvalue weighted by atomic mass is 10.1. The summed E-state index contributed by atoms with van der Waals surface area (Å²) in [6.07, 6.45) is 4.14. The summed E-state index contributed by atoms with van der Waals surface area (Å²) in [5, 5.41) is 14.1. The fourth-order valence-electron chi connectivity index (χ4n) is 3.77.